The summed E-state index contributed by atoms with van der Waals surface area (Å²) in [5, 5.41) is 4.14. The summed E-state index contributed by atoms with van der Waals surface area (Å²) >= 11 is 15.7. The molecule has 0 fully saturated rings. The van der Waals surface area contributed by atoms with Gasteiger partial charge in [0.05, 0.1) is 4.47 Å². The molecule has 0 radical (unpaired) electrons. The molecular weight excluding hydrogens is 563 g/mol. The van der Waals surface area contributed by atoms with E-state index in [9.17, 15) is 9.59 Å². The average molecular weight is 592 g/mol. The van der Waals surface area contributed by atoms with E-state index in [4.69, 9.17) is 27.9 Å². The predicted molar refractivity (Wildman–Crippen MR) is 148 cm³/mol. The van der Waals surface area contributed by atoms with Gasteiger partial charge in [-0.1, -0.05) is 65.7 Å². The van der Waals surface area contributed by atoms with Crippen LogP contribution in [0.5, 0.6) is 5.75 Å². The molecule has 190 valence electrons. The number of ether oxygens (including phenoxy) is 1. The van der Waals surface area contributed by atoms with Gasteiger partial charge in [-0.15, -0.1) is 0 Å². The molecule has 5 nitrogen and oxygen atoms in total. The van der Waals surface area contributed by atoms with Gasteiger partial charge in [0.15, 0.2) is 6.61 Å². The topological polar surface area (TPSA) is 58.6 Å². The standard InChI is InChI=1S/C28H29BrCl2N2O3/c1-28(2,3)32-27(35)24(15-19-8-5-4-6-9-19)33(17-20-10-7-11-21(30)14-20)26(34)18-36-25-13-12-22(31)16-23(25)29/h4-14,16,24H,15,17-18H2,1-3H3,(H,32,35)/t24-/m1/s1. The Hall–Kier alpha value is -2.54. The molecule has 0 saturated heterocycles. The van der Waals surface area contributed by atoms with Gasteiger partial charge >= 0.3 is 0 Å². The average Bonchev–Trinajstić information content (AvgIpc) is 2.80. The molecule has 0 aromatic heterocycles. The molecular formula is C28H29BrCl2N2O3. The number of amides is 2. The van der Waals surface area contributed by atoms with E-state index in [2.05, 4.69) is 21.2 Å². The first-order chi connectivity index (χ1) is 17.0. The quantitative estimate of drug-likeness (QED) is 0.302. The third-order valence-electron chi connectivity index (χ3n) is 5.26. The van der Waals surface area contributed by atoms with Crippen molar-refractivity contribution >= 4 is 50.9 Å². The highest BCUT2D eigenvalue weighted by Crippen LogP contribution is 2.28. The molecule has 0 saturated carbocycles. The maximum absolute atomic E-state index is 13.6. The Bertz CT molecular complexity index is 1200. The fraction of sp³-hybridized carbons (Fsp3) is 0.286. The van der Waals surface area contributed by atoms with Crippen molar-refractivity contribution < 1.29 is 14.3 Å². The summed E-state index contributed by atoms with van der Waals surface area (Å²) in [7, 11) is 0. The second kappa shape index (κ2) is 12.6. The van der Waals surface area contributed by atoms with Crippen LogP contribution in [0.25, 0.3) is 0 Å². The van der Waals surface area contributed by atoms with Gasteiger partial charge in [-0.25, -0.2) is 0 Å². The van der Waals surface area contributed by atoms with Crippen LogP contribution in [0.1, 0.15) is 31.9 Å². The maximum Gasteiger partial charge on any atom is 0.261 e. The zero-order valence-corrected chi connectivity index (χ0v) is 23.5. The monoisotopic (exact) mass is 590 g/mol. The summed E-state index contributed by atoms with van der Waals surface area (Å²) in [6, 6.07) is 21.2. The first-order valence-electron chi connectivity index (χ1n) is 11.5. The van der Waals surface area contributed by atoms with Crippen LogP contribution in [0.15, 0.2) is 77.3 Å². The minimum absolute atomic E-state index is 0.194. The van der Waals surface area contributed by atoms with Gasteiger partial charge in [0.2, 0.25) is 5.91 Å². The molecule has 3 rings (SSSR count). The van der Waals surface area contributed by atoms with Gasteiger partial charge in [0.1, 0.15) is 11.8 Å². The van der Waals surface area contributed by atoms with E-state index in [1.54, 1.807) is 35.2 Å². The van der Waals surface area contributed by atoms with Crippen molar-refractivity contribution in [1.29, 1.82) is 0 Å². The van der Waals surface area contributed by atoms with Gasteiger partial charge in [-0.3, -0.25) is 9.59 Å². The van der Waals surface area contributed by atoms with Gasteiger partial charge in [-0.2, -0.15) is 0 Å². The molecule has 1 atom stereocenters. The van der Waals surface area contributed by atoms with Gasteiger partial charge in [-0.05, 0) is 78.2 Å². The fourth-order valence-corrected chi connectivity index (χ4v) is 4.66. The Balaban J connectivity index is 1.94. The van der Waals surface area contributed by atoms with Crippen LogP contribution in [0.4, 0.5) is 0 Å². The van der Waals surface area contributed by atoms with Crippen molar-refractivity contribution in [1.82, 2.24) is 10.2 Å². The van der Waals surface area contributed by atoms with Gasteiger partial charge < -0.3 is 15.0 Å². The molecule has 2 amide bonds. The minimum atomic E-state index is -0.768. The van der Waals surface area contributed by atoms with Crippen LogP contribution in [-0.4, -0.2) is 34.9 Å². The third-order valence-corrected chi connectivity index (χ3v) is 6.35. The van der Waals surface area contributed by atoms with Gasteiger partial charge in [0.25, 0.3) is 5.91 Å². The highest BCUT2D eigenvalue weighted by Gasteiger charge is 2.32. The molecule has 3 aromatic carbocycles. The van der Waals surface area contributed by atoms with Crippen molar-refractivity contribution in [3.8, 4) is 5.75 Å². The first-order valence-corrected chi connectivity index (χ1v) is 13.0. The van der Waals surface area contributed by atoms with Crippen LogP contribution >= 0.6 is 39.1 Å². The van der Waals surface area contributed by atoms with Gasteiger partial charge in [0, 0.05) is 28.5 Å². The molecule has 1 N–H and O–H groups in total. The largest absolute Gasteiger partial charge is 0.483 e. The number of nitrogens with one attached hydrogen (secondary N) is 1. The number of benzene rings is 3. The molecule has 0 unspecified atom stereocenters. The Morgan fingerprint density at radius 1 is 0.944 bits per heavy atom. The van der Waals surface area contributed by atoms with E-state index in [1.807, 2.05) is 63.2 Å². The van der Waals surface area contributed by atoms with Crippen molar-refractivity contribution in [3.05, 3.63) is 98.4 Å². The number of carbonyl (C=O) groups excluding carboxylic acids is 2. The van der Waals surface area contributed by atoms with Crippen LogP contribution < -0.4 is 10.1 Å². The lowest BCUT2D eigenvalue weighted by Gasteiger charge is -2.33. The highest BCUT2D eigenvalue weighted by molar-refractivity contribution is 9.10. The summed E-state index contributed by atoms with van der Waals surface area (Å²) in [5.41, 5.74) is 1.28. The zero-order chi connectivity index (χ0) is 26.3. The molecule has 0 heterocycles. The first kappa shape index (κ1) is 28.0. The van der Waals surface area contributed by atoms with Crippen LogP contribution in [0.3, 0.4) is 0 Å². The number of halogens is 3. The Morgan fingerprint density at radius 3 is 2.25 bits per heavy atom. The molecule has 36 heavy (non-hydrogen) atoms. The molecule has 3 aromatic rings. The van der Waals surface area contributed by atoms with E-state index in [1.165, 1.54) is 0 Å². The van der Waals surface area contributed by atoms with Crippen LogP contribution in [-0.2, 0) is 22.6 Å². The summed E-state index contributed by atoms with van der Waals surface area (Å²) in [6.07, 6.45) is 0.347. The Morgan fingerprint density at radius 2 is 1.61 bits per heavy atom. The van der Waals surface area contributed by atoms with Crippen molar-refractivity contribution in [2.75, 3.05) is 6.61 Å². The van der Waals surface area contributed by atoms with Crippen molar-refractivity contribution in [2.45, 2.75) is 45.3 Å². The molecule has 0 aliphatic carbocycles. The third kappa shape index (κ3) is 8.54. The lowest BCUT2D eigenvalue weighted by Crippen LogP contribution is -2.55. The molecule has 0 spiro atoms. The van der Waals surface area contributed by atoms with E-state index in [0.717, 1.165) is 11.1 Å². The van der Waals surface area contributed by atoms with Crippen molar-refractivity contribution in [3.63, 3.8) is 0 Å². The number of hydrogen-bond donors (Lipinski definition) is 1. The number of carbonyl (C=O) groups is 2. The molecule has 8 heteroatoms. The number of hydrogen-bond acceptors (Lipinski definition) is 3. The lowest BCUT2D eigenvalue weighted by atomic mass is 10.0. The summed E-state index contributed by atoms with van der Waals surface area (Å²) in [5.74, 6) is -0.0922. The summed E-state index contributed by atoms with van der Waals surface area (Å²) < 4.78 is 6.46. The second-order valence-corrected chi connectivity index (χ2v) is 11.2. The molecule has 0 bridgehead atoms. The second-order valence-electron chi connectivity index (χ2n) is 9.46. The SMILES string of the molecule is CC(C)(C)NC(=O)[C@@H](Cc1ccccc1)N(Cc1cccc(Cl)c1)C(=O)COc1ccc(Cl)cc1Br. The molecule has 0 aliphatic heterocycles. The van der Waals surface area contributed by atoms with Crippen LogP contribution in [0.2, 0.25) is 10.0 Å². The Labute approximate surface area is 230 Å². The maximum atomic E-state index is 13.6. The van der Waals surface area contributed by atoms with E-state index >= 15 is 0 Å². The fourth-order valence-electron chi connectivity index (χ4n) is 3.65. The van der Waals surface area contributed by atoms with E-state index in [0.29, 0.717) is 26.7 Å². The predicted octanol–water partition coefficient (Wildman–Crippen LogP) is 6.69. The highest BCUT2D eigenvalue weighted by atomic mass is 79.9. The number of rotatable bonds is 9. The van der Waals surface area contributed by atoms with E-state index in [-0.39, 0.29) is 25.0 Å². The Kier molecular flexibility index (Phi) is 9.83. The normalized spacial score (nSPS) is 12.1. The lowest BCUT2D eigenvalue weighted by molar-refractivity contribution is -0.143. The summed E-state index contributed by atoms with van der Waals surface area (Å²) in [6.45, 7) is 5.67. The molecule has 0 aliphatic rings. The van der Waals surface area contributed by atoms with Crippen LogP contribution in [0, 0.1) is 0 Å². The number of nitrogens with zero attached hydrogens (tertiary/aromatic N) is 1. The van der Waals surface area contributed by atoms with E-state index < -0.39 is 11.6 Å². The van der Waals surface area contributed by atoms with Crippen molar-refractivity contribution in [2.24, 2.45) is 0 Å². The zero-order valence-electron chi connectivity index (χ0n) is 20.4. The minimum Gasteiger partial charge on any atom is -0.483 e. The smallest absolute Gasteiger partial charge is 0.261 e. The summed E-state index contributed by atoms with van der Waals surface area (Å²) in [4.78, 5) is 28.7.